The Bertz CT molecular complexity index is 1020. The molecule has 0 radical (unpaired) electrons. The highest BCUT2D eigenvalue weighted by Crippen LogP contribution is 2.45. The zero-order valence-corrected chi connectivity index (χ0v) is 17.5. The summed E-state index contributed by atoms with van der Waals surface area (Å²) in [5.41, 5.74) is 0. The van der Waals surface area contributed by atoms with Gasteiger partial charge in [-0.1, -0.05) is 0 Å². The van der Waals surface area contributed by atoms with Crippen LogP contribution in [0.5, 0.6) is 17.2 Å². The van der Waals surface area contributed by atoms with Crippen molar-refractivity contribution in [2.45, 2.75) is 25.4 Å². The van der Waals surface area contributed by atoms with E-state index in [0.717, 1.165) is 36.0 Å². The molecule has 10 nitrogen and oxygen atoms in total. The maximum Gasteiger partial charge on any atom is 0.242 e. The molecule has 160 valence electrons. The number of methoxy groups -OCH3 is 4. The van der Waals surface area contributed by atoms with Crippen molar-refractivity contribution in [1.29, 1.82) is 0 Å². The lowest BCUT2D eigenvalue weighted by atomic mass is 9.97. The molecule has 1 aromatic carbocycles. The summed E-state index contributed by atoms with van der Waals surface area (Å²) in [5.74, 6) is 3.64. The van der Waals surface area contributed by atoms with Gasteiger partial charge < -0.3 is 28.3 Å². The van der Waals surface area contributed by atoms with E-state index in [4.69, 9.17) is 23.4 Å². The minimum absolute atomic E-state index is 0.107. The van der Waals surface area contributed by atoms with Crippen LogP contribution in [-0.4, -0.2) is 61.9 Å². The van der Waals surface area contributed by atoms with Crippen molar-refractivity contribution in [1.82, 2.24) is 20.4 Å². The summed E-state index contributed by atoms with van der Waals surface area (Å²) in [7, 11) is 6.38. The summed E-state index contributed by atoms with van der Waals surface area (Å²) in [6.07, 6.45) is 3.61. The summed E-state index contributed by atoms with van der Waals surface area (Å²) in [6.45, 7) is 1.85. The van der Waals surface area contributed by atoms with Gasteiger partial charge in [-0.3, -0.25) is 0 Å². The largest absolute Gasteiger partial charge is 0.493 e. The van der Waals surface area contributed by atoms with Gasteiger partial charge in [0.05, 0.1) is 38.8 Å². The van der Waals surface area contributed by atoms with Crippen LogP contribution in [0.25, 0.3) is 10.8 Å². The van der Waals surface area contributed by atoms with Gasteiger partial charge >= 0.3 is 0 Å². The SMILES string of the molecule is COCc1nnc(C2CCCN(c3nncc4c(OC)c(OC)c(OC)cc34)C2)o1. The molecule has 1 aliphatic rings. The highest BCUT2D eigenvalue weighted by Gasteiger charge is 2.29. The van der Waals surface area contributed by atoms with E-state index in [2.05, 4.69) is 25.3 Å². The minimum atomic E-state index is 0.107. The Balaban J connectivity index is 1.71. The van der Waals surface area contributed by atoms with Crippen molar-refractivity contribution in [2.75, 3.05) is 46.4 Å². The molecule has 3 heterocycles. The smallest absolute Gasteiger partial charge is 0.242 e. The average Bonchev–Trinajstić information content (AvgIpc) is 3.26. The van der Waals surface area contributed by atoms with Crippen LogP contribution in [0.3, 0.4) is 0 Å². The van der Waals surface area contributed by atoms with Gasteiger partial charge in [0.15, 0.2) is 17.3 Å². The third kappa shape index (κ3) is 3.58. The van der Waals surface area contributed by atoms with Gasteiger partial charge in [-0.2, -0.15) is 5.10 Å². The molecular weight excluding hydrogens is 390 g/mol. The molecule has 3 aromatic rings. The van der Waals surface area contributed by atoms with Gasteiger partial charge in [-0.05, 0) is 18.9 Å². The van der Waals surface area contributed by atoms with Crippen molar-refractivity contribution >= 4 is 16.6 Å². The predicted molar refractivity (Wildman–Crippen MR) is 108 cm³/mol. The Morgan fingerprint density at radius 2 is 1.87 bits per heavy atom. The van der Waals surface area contributed by atoms with E-state index < -0.39 is 0 Å². The molecule has 1 aliphatic heterocycles. The first kappa shape index (κ1) is 20.1. The number of ether oxygens (including phenoxy) is 4. The maximum atomic E-state index is 5.77. The summed E-state index contributed by atoms with van der Waals surface area (Å²) < 4.78 is 27.5. The summed E-state index contributed by atoms with van der Waals surface area (Å²) >= 11 is 0. The molecule has 1 unspecified atom stereocenters. The lowest BCUT2D eigenvalue weighted by molar-refractivity contribution is 0.157. The molecule has 0 amide bonds. The number of hydrogen-bond acceptors (Lipinski definition) is 10. The van der Waals surface area contributed by atoms with E-state index in [1.54, 1.807) is 34.6 Å². The topological polar surface area (TPSA) is 105 Å². The third-order valence-electron chi connectivity index (χ3n) is 5.27. The standard InChI is InChI=1S/C20H25N5O5/c1-26-11-16-22-24-20(30-16)12-6-5-7-25(10-12)19-13-8-15(27-2)18(29-4)17(28-3)14(13)9-21-23-19/h8-9,12H,5-7,10-11H2,1-4H3. The van der Waals surface area contributed by atoms with Crippen LogP contribution in [0.1, 0.15) is 30.5 Å². The third-order valence-corrected chi connectivity index (χ3v) is 5.27. The molecule has 1 saturated heterocycles. The number of fused-ring (bicyclic) bond motifs is 1. The van der Waals surface area contributed by atoms with Crippen molar-refractivity contribution in [2.24, 2.45) is 0 Å². The molecule has 1 atom stereocenters. The fourth-order valence-corrected chi connectivity index (χ4v) is 3.90. The van der Waals surface area contributed by atoms with Crippen LogP contribution in [-0.2, 0) is 11.3 Å². The molecule has 0 saturated carbocycles. The Morgan fingerprint density at radius 1 is 1.03 bits per heavy atom. The molecule has 10 heteroatoms. The van der Waals surface area contributed by atoms with Gasteiger partial charge in [-0.15, -0.1) is 15.3 Å². The molecule has 0 aliphatic carbocycles. The van der Waals surface area contributed by atoms with Crippen LogP contribution in [0.15, 0.2) is 16.7 Å². The number of nitrogens with zero attached hydrogens (tertiary/aromatic N) is 5. The number of piperidine rings is 1. The number of rotatable bonds is 7. The predicted octanol–water partition coefficient (Wildman–Crippen LogP) is 2.57. The van der Waals surface area contributed by atoms with Crippen LogP contribution < -0.4 is 19.1 Å². The Kier molecular flexibility index (Phi) is 5.84. The van der Waals surface area contributed by atoms with Gasteiger partial charge in [0.2, 0.25) is 17.5 Å². The Morgan fingerprint density at radius 3 is 2.60 bits per heavy atom. The Hall–Kier alpha value is -3.14. The van der Waals surface area contributed by atoms with E-state index in [0.29, 0.717) is 42.2 Å². The Labute approximate surface area is 174 Å². The molecule has 0 N–H and O–H groups in total. The quantitative estimate of drug-likeness (QED) is 0.572. The van der Waals surface area contributed by atoms with Crippen LogP contribution >= 0.6 is 0 Å². The summed E-state index contributed by atoms with van der Waals surface area (Å²) in [6, 6.07) is 1.91. The first-order chi connectivity index (χ1) is 14.7. The zero-order valence-electron chi connectivity index (χ0n) is 17.5. The van der Waals surface area contributed by atoms with Gasteiger partial charge in [0.1, 0.15) is 6.61 Å². The van der Waals surface area contributed by atoms with Crippen molar-refractivity contribution in [3.8, 4) is 17.2 Å². The average molecular weight is 415 g/mol. The number of benzene rings is 1. The molecular formula is C20H25N5O5. The fourth-order valence-electron chi connectivity index (χ4n) is 3.90. The molecule has 30 heavy (non-hydrogen) atoms. The maximum absolute atomic E-state index is 5.77. The van der Waals surface area contributed by atoms with E-state index in [-0.39, 0.29) is 5.92 Å². The number of aromatic nitrogens is 4. The van der Waals surface area contributed by atoms with Crippen LogP contribution in [0.4, 0.5) is 5.82 Å². The van der Waals surface area contributed by atoms with Gasteiger partial charge in [0, 0.05) is 25.6 Å². The van der Waals surface area contributed by atoms with E-state index in [1.807, 2.05) is 6.07 Å². The van der Waals surface area contributed by atoms with Crippen LogP contribution in [0, 0.1) is 0 Å². The second-order valence-electron chi connectivity index (χ2n) is 7.03. The monoisotopic (exact) mass is 415 g/mol. The molecule has 1 fully saturated rings. The summed E-state index contributed by atoms with van der Waals surface area (Å²) in [4.78, 5) is 2.19. The second-order valence-corrected chi connectivity index (χ2v) is 7.03. The fraction of sp³-hybridized carbons (Fsp3) is 0.500. The van der Waals surface area contributed by atoms with Crippen LogP contribution in [0.2, 0.25) is 0 Å². The van der Waals surface area contributed by atoms with Gasteiger partial charge in [-0.25, -0.2) is 0 Å². The molecule has 4 rings (SSSR count). The van der Waals surface area contributed by atoms with E-state index >= 15 is 0 Å². The first-order valence-corrected chi connectivity index (χ1v) is 9.70. The number of anilines is 1. The van der Waals surface area contributed by atoms with E-state index in [1.165, 1.54) is 0 Å². The lowest BCUT2D eigenvalue weighted by Crippen LogP contribution is -2.35. The highest BCUT2D eigenvalue weighted by atomic mass is 16.5. The lowest BCUT2D eigenvalue weighted by Gasteiger charge is -2.32. The van der Waals surface area contributed by atoms with Crippen molar-refractivity contribution < 1.29 is 23.4 Å². The van der Waals surface area contributed by atoms with E-state index in [9.17, 15) is 0 Å². The first-order valence-electron chi connectivity index (χ1n) is 9.70. The van der Waals surface area contributed by atoms with Crippen molar-refractivity contribution in [3.63, 3.8) is 0 Å². The highest BCUT2D eigenvalue weighted by molar-refractivity contribution is 5.99. The number of hydrogen-bond donors (Lipinski definition) is 0. The molecule has 2 aromatic heterocycles. The van der Waals surface area contributed by atoms with Crippen molar-refractivity contribution in [3.05, 3.63) is 24.0 Å². The normalized spacial score (nSPS) is 16.7. The second kappa shape index (κ2) is 8.70. The molecule has 0 bridgehead atoms. The summed E-state index contributed by atoms with van der Waals surface area (Å²) in [5, 5.41) is 18.6. The minimum Gasteiger partial charge on any atom is -0.493 e. The zero-order chi connectivity index (χ0) is 21.1. The van der Waals surface area contributed by atoms with Gasteiger partial charge in [0.25, 0.3) is 0 Å². The molecule has 0 spiro atoms.